The van der Waals surface area contributed by atoms with Crippen LogP contribution in [0.3, 0.4) is 0 Å². The van der Waals surface area contributed by atoms with E-state index in [1.165, 1.54) is 0 Å². The molecule has 2 heterocycles. The summed E-state index contributed by atoms with van der Waals surface area (Å²) in [6.45, 7) is 6.12. The summed E-state index contributed by atoms with van der Waals surface area (Å²) in [6.07, 6.45) is 3.28. The Hall–Kier alpha value is -2.36. The molecular weight excluding hydrogens is 264 g/mol. The number of carbonyl (C=O) groups excluding carboxylic acids is 1. The summed E-state index contributed by atoms with van der Waals surface area (Å²) in [7, 11) is 0. The molecule has 0 spiro atoms. The van der Waals surface area contributed by atoms with Gasteiger partial charge in [0.05, 0.1) is 12.2 Å². The van der Waals surface area contributed by atoms with Crippen molar-refractivity contribution < 1.29 is 9.53 Å². The molecule has 1 aliphatic heterocycles. The van der Waals surface area contributed by atoms with Crippen LogP contribution < -0.4 is 4.90 Å². The predicted molar refractivity (Wildman–Crippen MR) is 82.1 cm³/mol. The second kappa shape index (κ2) is 4.88. The fourth-order valence-corrected chi connectivity index (χ4v) is 2.48. The van der Waals surface area contributed by atoms with Crippen molar-refractivity contribution in [1.29, 1.82) is 0 Å². The van der Waals surface area contributed by atoms with Crippen LogP contribution in [0.5, 0.6) is 0 Å². The Kier molecular flexibility index (Phi) is 3.16. The largest absolute Gasteiger partial charge is 0.443 e. The summed E-state index contributed by atoms with van der Waals surface area (Å²) < 4.78 is 5.52. The van der Waals surface area contributed by atoms with E-state index in [9.17, 15) is 4.79 Å². The third-order valence-corrected chi connectivity index (χ3v) is 3.34. The van der Waals surface area contributed by atoms with Crippen molar-refractivity contribution in [2.45, 2.75) is 32.9 Å². The van der Waals surface area contributed by atoms with Crippen molar-refractivity contribution in [3.63, 3.8) is 0 Å². The van der Waals surface area contributed by atoms with E-state index in [2.05, 4.69) is 4.98 Å². The van der Waals surface area contributed by atoms with Gasteiger partial charge in [0.2, 0.25) is 0 Å². The first-order valence-electron chi connectivity index (χ1n) is 6.98. The molecule has 1 amide bonds. The summed E-state index contributed by atoms with van der Waals surface area (Å²) >= 11 is 0. The number of benzene rings is 1. The molecule has 21 heavy (non-hydrogen) atoms. The zero-order chi connectivity index (χ0) is 15.0. The smallest absolute Gasteiger partial charge is 0.415 e. The van der Waals surface area contributed by atoms with Crippen molar-refractivity contribution in [3.05, 3.63) is 48.3 Å². The Balaban J connectivity index is 2.04. The van der Waals surface area contributed by atoms with Gasteiger partial charge < -0.3 is 4.74 Å². The monoisotopic (exact) mass is 282 g/mol. The maximum absolute atomic E-state index is 12.5. The quantitative estimate of drug-likeness (QED) is 0.733. The Labute approximate surface area is 124 Å². The molecule has 0 radical (unpaired) electrons. The third-order valence-electron chi connectivity index (χ3n) is 3.34. The van der Waals surface area contributed by atoms with Gasteiger partial charge in [-0.3, -0.25) is 9.88 Å². The molecule has 0 unspecified atom stereocenters. The molecule has 1 aromatic carbocycles. The maximum Gasteiger partial charge on any atom is 0.415 e. The number of pyridine rings is 1. The minimum atomic E-state index is -0.509. The van der Waals surface area contributed by atoms with Crippen LogP contribution in [-0.2, 0) is 11.3 Å². The van der Waals surface area contributed by atoms with Crippen molar-refractivity contribution in [2.24, 2.45) is 0 Å². The normalized spacial score (nSPS) is 13.4. The zero-order valence-corrected chi connectivity index (χ0v) is 12.5. The standard InChI is InChI=1S/C17H18N2O2/c1-17(2,3)21-16(20)19-11-12-8-9-18-10-14(12)13-6-4-5-7-15(13)19/h4-10H,11H2,1-3H3. The van der Waals surface area contributed by atoms with Gasteiger partial charge in [-0.25, -0.2) is 4.79 Å². The first-order chi connectivity index (χ1) is 9.96. The van der Waals surface area contributed by atoms with Crippen molar-refractivity contribution in [2.75, 3.05) is 4.90 Å². The predicted octanol–water partition coefficient (Wildman–Crippen LogP) is 4.00. The minimum absolute atomic E-state index is 0.322. The van der Waals surface area contributed by atoms with E-state index >= 15 is 0 Å². The third kappa shape index (κ3) is 2.61. The second-order valence-corrected chi connectivity index (χ2v) is 6.12. The molecule has 4 nitrogen and oxygen atoms in total. The van der Waals surface area contributed by atoms with Gasteiger partial charge in [-0.2, -0.15) is 0 Å². The van der Waals surface area contributed by atoms with E-state index < -0.39 is 5.60 Å². The lowest BCUT2D eigenvalue weighted by Gasteiger charge is -2.32. The number of rotatable bonds is 0. The van der Waals surface area contributed by atoms with Gasteiger partial charge in [0.1, 0.15) is 5.60 Å². The lowest BCUT2D eigenvalue weighted by Crippen LogP contribution is -2.38. The van der Waals surface area contributed by atoms with E-state index in [0.29, 0.717) is 6.54 Å². The molecule has 0 fully saturated rings. The van der Waals surface area contributed by atoms with Crippen LogP contribution >= 0.6 is 0 Å². The van der Waals surface area contributed by atoms with Crippen LogP contribution in [0.2, 0.25) is 0 Å². The summed E-state index contributed by atoms with van der Waals surface area (Å²) in [5.74, 6) is 0. The molecule has 3 rings (SSSR count). The molecule has 4 heteroatoms. The molecule has 0 saturated heterocycles. The molecule has 1 aliphatic rings. The number of hydrogen-bond acceptors (Lipinski definition) is 3. The molecule has 0 atom stereocenters. The summed E-state index contributed by atoms with van der Waals surface area (Å²) in [6, 6.07) is 9.79. The molecule has 0 N–H and O–H groups in total. The molecule has 108 valence electrons. The highest BCUT2D eigenvalue weighted by atomic mass is 16.6. The molecule has 0 bridgehead atoms. The number of carbonyl (C=O) groups is 1. The number of ether oxygens (including phenoxy) is 1. The number of nitrogens with zero attached hydrogens (tertiary/aromatic N) is 2. The van der Waals surface area contributed by atoms with Crippen molar-refractivity contribution >= 4 is 11.8 Å². The Morgan fingerprint density at radius 3 is 2.71 bits per heavy atom. The van der Waals surface area contributed by atoms with Crippen LogP contribution in [0.4, 0.5) is 10.5 Å². The fraction of sp³-hybridized carbons (Fsp3) is 0.294. The highest BCUT2D eigenvalue weighted by Gasteiger charge is 2.29. The number of amides is 1. The van der Waals surface area contributed by atoms with Gasteiger partial charge in [0, 0.05) is 23.5 Å². The minimum Gasteiger partial charge on any atom is -0.443 e. The van der Waals surface area contributed by atoms with Crippen molar-refractivity contribution in [1.82, 2.24) is 4.98 Å². The zero-order valence-electron chi connectivity index (χ0n) is 12.5. The summed E-state index contributed by atoms with van der Waals surface area (Å²) in [4.78, 5) is 18.3. The fourth-order valence-electron chi connectivity index (χ4n) is 2.48. The SMILES string of the molecule is CC(C)(C)OC(=O)N1Cc2ccncc2-c2ccccc21. The number of hydrogen-bond donors (Lipinski definition) is 0. The van der Waals surface area contributed by atoms with Crippen LogP contribution in [0.15, 0.2) is 42.7 Å². The van der Waals surface area contributed by atoms with Crippen LogP contribution in [0, 0.1) is 0 Å². The highest BCUT2D eigenvalue weighted by molar-refractivity contribution is 5.96. The van der Waals surface area contributed by atoms with E-state index in [4.69, 9.17) is 4.74 Å². The van der Waals surface area contributed by atoms with Gasteiger partial charge in [0.25, 0.3) is 0 Å². The molecule has 1 aromatic heterocycles. The summed E-state index contributed by atoms with van der Waals surface area (Å²) in [5.41, 5.74) is 3.53. The van der Waals surface area contributed by atoms with Gasteiger partial charge in [-0.05, 0) is 38.5 Å². The number of fused-ring (bicyclic) bond motifs is 3. The van der Waals surface area contributed by atoms with E-state index in [1.54, 1.807) is 11.1 Å². The maximum atomic E-state index is 12.5. The summed E-state index contributed by atoms with van der Waals surface area (Å²) in [5, 5.41) is 0. The number of aromatic nitrogens is 1. The lowest BCUT2D eigenvalue weighted by atomic mass is 9.95. The number of anilines is 1. The molecule has 0 aliphatic carbocycles. The highest BCUT2D eigenvalue weighted by Crippen LogP contribution is 2.38. The molecule has 2 aromatic rings. The number of para-hydroxylation sites is 1. The van der Waals surface area contributed by atoms with Gasteiger partial charge in [0.15, 0.2) is 0 Å². The lowest BCUT2D eigenvalue weighted by molar-refractivity contribution is 0.0577. The first-order valence-corrected chi connectivity index (χ1v) is 6.98. The first kappa shape index (κ1) is 13.6. The van der Waals surface area contributed by atoms with Crippen molar-refractivity contribution in [3.8, 4) is 11.1 Å². The average Bonchev–Trinajstić information content (AvgIpc) is 2.44. The average molecular weight is 282 g/mol. The van der Waals surface area contributed by atoms with E-state index in [1.807, 2.05) is 57.3 Å². The Bertz CT molecular complexity index is 689. The van der Waals surface area contributed by atoms with Crippen LogP contribution in [0.1, 0.15) is 26.3 Å². The van der Waals surface area contributed by atoms with Gasteiger partial charge in [-0.1, -0.05) is 18.2 Å². The molecular formula is C17H18N2O2. The van der Waals surface area contributed by atoms with E-state index in [-0.39, 0.29) is 6.09 Å². The van der Waals surface area contributed by atoms with Crippen LogP contribution in [-0.4, -0.2) is 16.7 Å². The molecule has 0 saturated carbocycles. The van der Waals surface area contributed by atoms with Gasteiger partial charge >= 0.3 is 6.09 Å². The second-order valence-electron chi connectivity index (χ2n) is 6.12. The topological polar surface area (TPSA) is 42.4 Å². The van der Waals surface area contributed by atoms with E-state index in [0.717, 1.165) is 22.4 Å². The Morgan fingerprint density at radius 2 is 1.95 bits per heavy atom. The Morgan fingerprint density at radius 1 is 1.19 bits per heavy atom. The van der Waals surface area contributed by atoms with Crippen LogP contribution in [0.25, 0.3) is 11.1 Å². The van der Waals surface area contributed by atoms with Gasteiger partial charge in [-0.15, -0.1) is 0 Å².